The first-order chi connectivity index (χ1) is 11.6. The second-order valence-electron chi connectivity index (χ2n) is 4.89. The maximum atomic E-state index is 11.9. The van der Waals surface area contributed by atoms with Gasteiger partial charge in [0.15, 0.2) is 11.4 Å². The lowest BCUT2D eigenvalue weighted by atomic mass is 10.2. The van der Waals surface area contributed by atoms with Crippen molar-refractivity contribution in [2.75, 3.05) is 7.11 Å². The molecule has 1 aliphatic heterocycles. The monoisotopic (exact) mass is 324 g/mol. The Bertz CT molecular complexity index is 872. The van der Waals surface area contributed by atoms with Crippen LogP contribution in [0.2, 0.25) is 0 Å². The smallest absolute Gasteiger partial charge is 0.363 e. The van der Waals surface area contributed by atoms with E-state index in [2.05, 4.69) is 4.99 Å². The number of rotatable bonds is 4. The Morgan fingerprint density at radius 3 is 2.62 bits per heavy atom. The van der Waals surface area contributed by atoms with Gasteiger partial charge in [0.05, 0.1) is 12.0 Å². The van der Waals surface area contributed by atoms with E-state index in [4.69, 9.17) is 9.47 Å². The van der Waals surface area contributed by atoms with Gasteiger partial charge in [-0.05, 0) is 23.8 Å². The average molecular weight is 324 g/mol. The summed E-state index contributed by atoms with van der Waals surface area (Å²) in [5.41, 5.74) is 1.03. The highest BCUT2D eigenvalue weighted by Crippen LogP contribution is 2.29. The zero-order valence-electron chi connectivity index (χ0n) is 12.6. The molecule has 120 valence electrons. The number of esters is 1. The number of aliphatic imine (C=N–C) groups is 1. The first-order valence-electron chi connectivity index (χ1n) is 6.99. The van der Waals surface area contributed by atoms with Crippen molar-refractivity contribution in [1.29, 1.82) is 0 Å². The van der Waals surface area contributed by atoms with Crippen LogP contribution in [0.5, 0.6) is 5.75 Å². The van der Waals surface area contributed by atoms with E-state index in [-0.39, 0.29) is 23.0 Å². The molecule has 0 N–H and O–H groups in total. The van der Waals surface area contributed by atoms with Crippen molar-refractivity contribution in [3.05, 3.63) is 75.5 Å². The van der Waals surface area contributed by atoms with Crippen LogP contribution in [0.3, 0.4) is 0 Å². The molecule has 0 aromatic heterocycles. The second kappa shape index (κ2) is 6.33. The number of carbonyl (C=O) groups is 1. The van der Waals surface area contributed by atoms with E-state index in [0.29, 0.717) is 5.56 Å². The fourth-order valence-corrected chi connectivity index (χ4v) is 2.21. The average Bonchev–Trinajstić information content (AvgIpc) is 2.96. The van der Waals surface area contributed by atoms with E-state index in [9.17, 15) is 14.9 Å². The predicted octanol–water partition coefficient (Wildman–Crippen LogP) is 2.95. The Morgan fingerprint density at radius 1 is 1.21 bits per heavy atom. The summed E-state index contributed by atoms with van der Waals surface area (Å²) in [7, 11) is 1.34. The molecule has 3 rings (SSSR count). The molecule has 0 radical (unpaired) electrons. The molecule has 2 aromatic carbocycles. The van der Waals surface area contributed by atoms with Crippen LogP contribution in [0.1, 0.15) is 11.1 Å². The van der Waals surface area contributed by atoms with Gasteiger partial charge in [-0.25, -0.2) is 9.79 Å². The van der Waals surface area contributed by atoms with Crippen LogP contribution in [0.15, 0.2) is 59.2 Å². The highest BCUT2D eigenvalue weighted by atomic mass is 16.6. The summed E-state index contributed by atoms with van der Waals surface area (Å²) in [4.78, 5) is 26.6. The van der Waals surface area contributed by atoms with E-state index >= 15 is 0 Å². The summed E-state index contributed by atoms with van der Waals surface area (Å²) in [6.07, 6.45) is 1.59. The third-order valence-corrected chi connectivity index (χ3v) is 3.35. The Balaban J connectivity index is 1.97. The van der Waals surface area contributed by atoms with E-state index in [1.807, 2.05) is 30.3 Å². The third-order valence-electron chi connectivity index (χ3n) is 3.35. The van der Waals surface area contributed by atoms with Crippen LogP contribution >= 0.6 is 0 Å². The highest BCUT2D eigenvalue weighted by molar-refractivity contribution is 6.13. The maximum Gasteiger partial charge on any atom is 0.363 e. The molecular formula is C17H12N2O5. The molecule has 1 aliphatic rings. The summed E-state index contributed by atoms with van der Waals surface area (Å²) in [6, 6.07) is 13.4. The SMILES string of the molecule is COc1ccc(C2=N/C(=C\c3ccccc3)C(=O)O2)cc1[N+](=O)[O-]. The van der Waals surface area contributed by atoms with Gasteiger partial charge in [0.2, 0.25) is 5.90 Å². The van der Waals surface area contributed by atoms with Gasteiger partial charge in [-0.2, -0.15) is 0 Å². The van der Waals surface area contributed by atoms with Crippen LogP contribution in [-0.2, 0) is 9.53 Å². The largest absolute Gasteiger partial charge is 0.490 e. The summed E-state index contributed by atoms with van der Waals surface area (Å²) in [6.45, 7) is 0. The number of methoxy groups -OCH3 is 1. The first-order valence-corrected chi connectivity index (χ1v) is 6.99. The van der Waals surface area contributed by atoms with E-state index in [0.717, 1.165) is 5.56 Å². The van der Waals surface area contributed by atoms with Gasteiger partial charge >= 0.3 is 11.7 Å². The molecule has 0 fully saturated rings. The van der Waals surface area contributed by atoms with E-state index in [1.165, 1.54) is 19.2 Å². The number of cyclic esters (lactones) is 1. The molecule has 0 spiro atoms. The Labute approximate surface area is 137 Å². The fraction of sp³-hybridized carbons (Fsp3) is 0.0588. The Morgan fingerprint density at radius 2 is 1.96 bits per heavy atom. The summed E-state index contributed by atoms with van der Waals surface area (Å²) in [5, 5.41) is 11.1. The Hall–Kier alpha value is -3.48. The molecule has 2 aromatic rings. The van der Waals surface area contributed by atoms with Gasteiger partial charge in [0.1, 0.15) is 0 Å². The zero-order valence-corrected chi connectivity index (χ0v) is 12.6. The standard InChI is InChI=1S/C17H12N2O5/c1-23-15-8-7-12(10-14(15)19(21)22)16-18-13(17(20)24-16)9-11-5-3-2-4-6-11/h2-10H,1H3/b13-9-. The van der Waals surface area contributed by atoms with Crippen molar-refractivity contribution in [1.82, 2.24) is 0 Å². The molecule has 7 nitrogen and oxygen atoms in total. The van der Waals surface area contributed by atoms with Crippen LogP contribution in [0.25, 0.3) is 6.08 Å². The normalized spacial score (nSPS) is 15.1. The second-order valence-corrected chi connectivity index (χ2v) is 4.89. The van der Waals surface area contributed by atoms with Crippen molar-refractivity contribution >= 4 is 23.6 Å². The third kappa shape index (κ3) is 3.00. The highest BCUT2D eigenvalue weighted by Gasteiger charge is 2.26. The fourth-order valence-electron chi connectivity index (χ4n) is 2.21. The number of hydrogen-bond donors (Lipinski definition) is 0. The number of nitrogens with zero attached hydrogens (tertiary/aromatic N) is 2. The van der Waals surface area contributed by atoms with Gasteiger partial charge in [-0.3, -0.25) is 10.1 Å². The van der Waals surface area contributed by atoms with Gasteiger partial charge < -0.3 is 9.47 Å². The first kappa shape index (κ1) is 15.4. The zero-order chi connectivity index (χ0) is 17.1. The van der Waals surface area contributed by atoms with Gasteiger partial charge in [-0.1, -0.05) is 30.3 Å². The topological polar surface area (TPSA) is 91.0 Å². The minimum Gasteiger partial charge on any atom is -0.490 e. The molecule has 0 saturated heterocycles. The molecule has 7 heteroatoms. The minimum absolute atomic E-state index is 0.0212. The number of hydrogen-bond acceptors (Lipinski definition) is 6. The van der Waals surface area contributed by atoms with Crippen molar-refractivity contribution in [3.8, 4) is 5.75 Å². The maximum absolute atomic E-state index is 11.9. The van der Waals surface area contributed by atoms with E-state index in [1.54, 1.807) is 12.1 Å². The number of nitro groups is 1. The number of benzene rings is 2. The van der Waals surface area contributed by atoms with Gasteiger partial charge in [-0.15, -0.1) is 0 Å². The molecule has 24 heavy (non-hydrogen) atoms. The number of ether oxygens (including phenoxy) is 2. The molecule has 0 amide bonds. The molecule has 0 saturated carbocycles. The van der Waals surface area contributed by atoms with Crippen molar-refractivity contribution in [2.24, 2.45) is 4.99 Å². The summed E-state index contributed by atoms with van der Waals surface area (Å²) >= 11 is 0. The predicted molar refractivity (Wildman–Crippen MR) is 86.7 cm³/mol. The van der Waals surface area contributed by atoms with Gasteiger partial charge in [0.25, 0.3) is 0 Å². The van der Waals surface area contributed by atoms with Crippen LogP contribution in [0.4, 0.5) is 5.69 Å². The quantitative estimate of drug-likeness (QED) is 0.373. The van der Waals surface area contributed by atoms with Gasteiger partial charge in [0, 0.05) is 11.6 Å². The molecule has 0 unspecified atom stereocenters. The number of nitro benzene ring substituents is 1. The lowest BCUT2D eigenvalue weighted by Gasteiger charge is -2.03. The Kier molecular flexibility index (Phi) is 4.07. The lowest BCUT2D eigenvalue weighted by molar-refractivity contribution is -0.385. The molecule has 0 aliphatic carbocycles. The molecular weight excluding hydrogens is 312 g/mol. The number of carbonyl (C=O) groups excluding carboxylic acids is 1. The minimum atomic E-state index is -0.604. The van der Waals surface area contributed by atoms with Crippen LogP contribution in [-0.4, -0.2) is 23.9 Å². The van der Waals surface area contributed by atoms with Crippen LogP contribution < -0.4 is 4.74 Å². The molecule has 1 heterocycles. The summed E-state index contributed by atoms with van der Waals surface area (Å²) in [5.74, 6) is -0.464. The van der Waals surface area contributed by atoms with Crippen LogP contribution in [0, 0.1) is 10.1 Å². The van der Waals surface area contributed by atoms with Crippen molar-refractivity contribution in [3.63, 3.8) is 0 Å². The van der Waals surface area contributed by atoms with Crippen molar-refractivity contribution < 1.29 is 19.2 Å². The van der Waals surface area contributed by atoms with E-state index < -0.39 is 10.9 Å². The molecule has 0 bridgehead atoms. The lowest BCUT2D eigenvalue weighted by Crippen LogP contribution is -2.06. The summed E-state index contributed by atoms with van der Waals surface area (Å²) < 4.78 is 10.1. The molecule has 0 atom stereocenters. The van der Waals surface area contributed by atoms with Crippen molar-refractivity contribution in [2.45, 2.75) is 0 Å².